The molecule has 1 unspecified atom stereocenters. The molecule has 0 heterocycles. The lowest BCUT2D eigenvalue weighted by Gasteiger charge is -2.37. The topological polar surface area (TPSA) is 70.6 Å². The van der Waals surface area contributed by atoms with Gasteiger partial charge in [0.25, 0.3) is 0 Å². The number of ether oxygens (including phenoxy) is 1. The van der Waals surface area contributed by atoms with E-state index in [-0.39, 0.29) is 24.7 Å². The molecule has 18 heavy (non-hydrogen) atoms. The normalized spacial score (nSPS) is 25.2. The molecular formula is C13H26N2O3. The quantitative estimate of drug-likeness (QED) is 0.694. The summed E-state index contributed by atoms with van der Waals surface area (Å²) in [6.07, 6.45) is 1.52. The number of alkyl carbamates (subject to hydrolysis) is 1. The first-order valence-electron chi connectivity index (χ1n) is 6.64. The maximum atomic E-state index is 11.5. The summed E-state index contributed by atoms with van der Waals surface area (Å²) in [6.45, 7) is 8.59. The SMILES string of the molecule is CC(CO)CNC1CC(NC(=O)OC(C)(C)C)C1. The first-order chi connectivity index (χ1) is 8.30. The summed E-state index contributed by atoms with van der Waals surface area (Å²) in [4.78, 5) is 11.5. The van der Waals surface area contributed by atoms with Crippen LogP contribution in [0.15, 0.2) is 0 Å². The second-order valence-corrected chi connectivity index (χ2v) is 6.21. The molecule has 0 radical (unpaired) electrons. The van der Waals surface area contributed by atoms with Crippen molar-refractivity contribution in [2.45, 2.75) is 58.2 Å². The molecule has 0 aromatic rings. The van der Waals surface area contributed by atoms with E-state index in [2.05, 4.69) is 10.6 Å². The van der Waals surface area contributed by atoms with Gasteiger partial charge in [0.1, 0.15) is 5.60 Å². The third-order valence-electron chi connectivity index (χ3n) is 2.93. The minimum absolute atomic E-state index is 0.208. The molecule has 5 nitrogen and oxygen atoms in total. The van der Waals surface area contributed by atoms with Crippen LogP contribution in [0.25, 0.3) is 0 Å². The fourth-order valence-electron chi connectivity index (χ4n) is 1.81. The number of rotatable bonds is 5. The first-order valence-corrected chi connectivity index (χ1v) is 6.64. The first kappa shape index (κ1) is 15.2. The van der Waals surface area contributed by atoms with Crippen LogP contribution < -0.4 is 10.6 Å². The van der Waals surface area contributed by atoms with Crippen LogP contribution in [0.4, 0.5) is 4.79 Å². The maximum absolute atomic E-state index is 11.5. The fraction of sp³-hybridized carbons (Fsp3) is 0.923. The van der Waals surface area contributed by atoms with Crippen LogP contribution in [0.2, 0.25) is 0 Å². The Kier molecular flexibility index (Phi) is 5.41. The summed E-state index contributed by atoms with van der Waals surface area (Å²) in [5.74, 6) is 0.280. The minimum atomic E-state index is -0.442. The van der Waals surface area contributed by atoms with Gasteiger partial charge in [-0.25, -0.2) is 4.79 Å². The minimum Gasteiger partial charge on any atom is -0.444 e. The highest BCUT2D eigenvalue weighted by molar-refractivity contribution is 5.68. The summed E-state index contributed by atoms with van der Waals surface area (Å²) < 4.78 is 5.19. The van der Waals surface area contributed by atoms with Crippen molar-refractivity contribution < 1.29 is 14.6 Å². The zero-order valence-electron chi connectivity index (χ0n) is 11.8. The molecule has 1 saturated carbocycles. The summed E-state index contributed by atoms with van der Waals surface area (Å²) in [5, 5.41) is 15.1. The largest absolute Gasteiger partial charge is 0.444 e. The Hall–Kier alpha value is -0.810. The summed E-state index contributed by atoms with van der Waals surface area (Å²) in [7, 11) is 0. The van der Waals surface area contributed by atoms with Crippen LogP contribution in [0.3, 0.4) is 0 Å². The zero-order chi connectivity index (χ0) is 13.8. The summed E-state index contributed by atoms with van der Waals surface area (Å²) in [5.41, 5.74) is -0.442. The molecule has 0 saturated heterocycles. The molecule has 3 N–H and O–H groups in total. The molecule has 0 aliphatic heterocycles. The van der Waals surface area contributed by atoms with Gasteiger partial charge < -0.3 is 20.5 Å². The molecule has 1 fully saturated rings. The lowest BCUT2D eigenvalue weighted by molar-refractivity contribution is 0.0464. The van der Waals surface area contributed by atoms with E-state index in [0.717, 1.165) is 19.4 Å². The van der Waals surface area contributed by atoms with Crippen LogP contribution in [-0.2, 0) is 4.74 Å². The number of amides is 1. The number of aliphatic hydroxyl groups is 1. The van der Waals surface area contributed by atoms with Gasteiger partial charge in [-0.1, -0.05) is 6.92 Å². The highest BCUT2D eigenvalue weighted by Crippen LogP contribution is 2.20. The van der Waals surface area contributed by atoms with Crippen LogP contribution >= 0.6 is 0 Å². The van der Waals surface area contributed by atoms with Crippen molar-refractivity contribution in [1.82, 2.24) is 10.6 Å². The van der Waals surface area contributed by atoms with E-state index in [0.29, 0.717) is 6.04 Å². The van der Waals surface area contributed by atoms with Gasteiger partial charge in [0.15, 0.2) is 0 Å². The van der Waals surface area contributed by atoms with E-state index in [4.69, 9.17) is 9.84 Å². The molecule has 0 bridgehead atoms. The molecular weight excluding hydrogens is 232 g/mol. The maximum Gasteiger partial charge on any atom is 0.407 e. The molecule has 0 spiro atoms. The van der Waals surface area contributed by atoms with Crippen LogP contribution in [0, 0.1) is 5.92 Å². The van der Waals surface area contributed by atoms with Gasteiger partial charge in [0, 0.05) is 25.2 Å². The van der Waals surface area contributed by atoms with Gasteiger partial charge in [-0.05, 0) is 39.5 Å². The van der Waals surface area contributed by atoms with E-state index in [9.17, 15) is 4.79 Å². The van der Waals surface area contributed by atoms with Gasteiger partial charge in [0.05, 0.1) is 0 Å². The van der Waals surface area contributed by atoms with E-state index in [1.807, 2.05) is 27.7 Å². The van der Waals surface area contributed by atoms with Crippen molar-refractivity contribution in [3.05, 3.63) is 0 Å². The van der Waals surface area contributed by atoms with E-state index in [1.165, 1.54) is 0 Å². The average molecular weight is 258 g/mol. The fourth-order valence-corrected chi connectivity index (χ4v) is 1.81. The standard InChI is InChI=1S/C13H26N2O3/c1-9(8-16)7-14-10-5-11(6-10)15-12(17)18-13(2,3)4/h9-11,14,16H,5-8H2,1-4H3,(H,15,17). The Morgan fingerprint density at radius 1 is 1.39 bits per heavy atom. The molecule has 1 rings (SSSR count). The highest BCUT2D eigenvalue weighted by Gasteiger charge is 2.31. The van der Waals surface area contributed by atoms with E-state index in [1.54, 1.807) is 0 Å². The monoisotopic (exact) mass is 258 g/mol. The third kappa shape index (κ3) is 5.69. The Labute approximate surface area is 109 Å². The van der Waals surface area contributed by atoms with Crippen molar-refractivity contribution in [2.24, 2.45) is 5.92 Å². The molecule has 5 heteroatoms. The average Bonchev–Trinajstić information content (AvgIpc) is 2.17. The highest BCUT2D eigenvalue weighted by atomic mass is 16.6. The number of carbonyl (C=O) groups excluding carboxylic acids is 1. The van der Waals surface area contributed by atoms with Crippen LogP contribution in [-0.4, -0.2) is 42.0 Å². The molecule has 1 aliphatic carbocycles. The molecule has 106 valence electrons. The van der Waals surface area contributed by atoms with E-state index < -0.39 is 5.60 Å². The van der Waals surface area contributed by atoms with Crippen molar-refractivity contribution >= 4 is 6.09 Å². The number of hydrogen-bond acceptors (Lipinski definition) is 4. The summed E-state index contributed by atoms with van der Waals surface area (Å²) >= 11 is 0. The Morgan fingerprint density at radius 3 is 2.50 bits per heavy atom. The third-order valence-corrected chi connectivity index (χ3v) is 2.93. The number of nitrogens with one attached hydrogen (secondary N) is 2. The van der Waals surface area contributed by atoms with Gasteiger partial charge in [0.2, 0.25) is 0 Å². The lowest BCUT2D eigenvalue weighted by atomic mass is 9.86. The second kappa shape index (κ2) is 6.38. The number of hydrogen-bond donors (Lipinski definition) is 3. The van der Waals surface area contributed by atoms with Gasteiger partial charge in [-0.15, -0.1) is 0 Å². The van der Waals surface area contributed by atoms with Crippen LogP contribution in [0.1, 0.15) is 40.5 Å². The Morgan fingerprint density at radius 2 is 2.00 bits per heavy atom. The molecule has 0 aromatic heterocycles. The van der Waals surface area contributed by atoms with Crippen LogP contribution in [0.5, 0.6) is 0 Å². The zero-order valence-corrected chi connectivity index (χ0v) is 11.8. The second-order valence-electron chi connectivity index (χ2n) is 6.21. The predicted molar refractivity (Wildman–Crippen MR) is 70.4 cm³/mol. The molecule has 1 atom stereocenters. The molecule has 1 aliphatic rings. The van der Waals surface area contributed by atoms with Gasteiger partial charge >= 0.3 is 6.09 Å². The van der Waals surface area contributed by atoms with Crippen molar-refractivity contribution in [2.75, 3.05) is 13.2 Å². The summed E-state index contributed by atoms with van der Waals surface area (Å²) in [6, 6.07) is 0.653. The molecule has 0 aromatic carbocycles. The number of aliphatic hydroxyl groups excluding tert-OH is 1. The van der Waals surface area contributed by atoms with Crippen molar-refractivity contribution in [1.29, 1.82) is 0 Å². The Balaban J connectivity index is 2.10. The molecule has 1 amide bonds. The van der Waals surface area contributed by atoms with Crippen molar-refractivity contribution in [3.8, 4) is 0 Å². The van der Waals surface area contributed by atoms with Gasteiger partial charge in [-0.2, -0.15) is 0 Å². The smallest absolute Gasteiger partial charge is 0.407 e. The number of carbonyl (C=O) groups is 1. The van der Waals surface area contributed by atoms with E-state index >= 15 is 0 Å². The van der Waals surface area contributed by atoms with Gasteiger partial charge in [-0.3, -0.25) is 0 Å². The predicted octanol–water partition coefficient (Wildman–Crippen LogP) is 1.26. The Bertz CT molecular complexity index is 270. The lowest BCUT2D eigenvalue weighted by Crippen LogP contribution is -2.53. The van der Waals surface area contributed by atoms with Crippen molar-refractivity contribution in [3.63, 3.8) is 0 Å².